The zero-order chi connectivity index (χ0) is 18.7. The Morgan fingerprint density at radius 3 is 2.65 bits per heavy atom. The van der Waals surface area contributed by atoms with Crippen LogP contribution in [0.25, 0.3) is 0 Å². The molecule has 2 N–H and O–H groups in total. The van der Waals surface area contributed by atoms with Gasteiger partial charge in [0.05, 0.1) is 17.9 Å². The minimum atomic E-state index is -3.63. The van der Waals surface area contributed by atoms with E-state index in [9.17, 15) is 13.2 Å². The Labute approximate surface area is 156 Å². The molecule has 1 heterocycles. The molecular weight excluding hydrogens is 378 g/mol. The summed E-state index contributed by atoms with van der Waals surface area (Å²) in [5, 5.41) is 9.37. The first-order valence-electron chi connectivity index (χ1n) is 8.08. The number of sulfonamides is 1. The van der Waals surface area contributed by atoms with Crippen molar-refractivity contribution in [3.63, 3.8) is 0 Å². The van der Waals surface area contributed by atoms with Gasteiger partial charge in [-0.15, -0.1) is 0 Å². The first-order valence-corrected chi connectivity index (χ1v) is 9.94. The second kappa shape index (κ2) is 7.65. The second-order valence-electron chi connectivity index (χ2n) is 6.08. The van der Waals surface area contributed by atoms with Gasteiger partial charge in [0.1, 0.15) is 5.75 Å². The van der Waals surface area contributed by atoms with Crippen LogP contribution >= 0.6 is 11.6 Å². The van der Waals surface area contributed by atoms with E-state index in [1.807, 2.05) is 6.07 Å². The lowest BCUT2D eigenvalue weighted by atomic mass is 9.92. The van der Waals surface area contributed by atoms with E-state index in [2.05, 4.69) is 4.72 Å². The van der Waals surface area contributed by atoms with Crippen molar-refractivity contribution in [3.05, 3.63) is 58.6 Å². The Hall–Kier alpha value is -2.09. The molecule has 0 spiro atoms. The van der Waals surface area contributed by atoms with Crippen LogP contribution in [0.15, 0.2) is 47.4 Å². The topological polar surface area (TPSA) is 92.7 Å². The number of halogens is 1. The predicted molar refractivity (Wildman–Crippen MR) is 97.3 cm³/mol. The fourth-order valence-electron chi connectivity index (χ4n) is 2.91. The molecule has 3 rings (SSSR count). The van der Waals surface area contributed by atoms with Crippen molar-refractivity contribution in [1.82, 2.24) is 4.72 Å². The van der Waals surface area contributed by atoms with Gasteiger partial charge in [0.2, 0.25) is 10.0 Å². The first-order chi connectivity index (χ1) is 12.3. The average Bonchev–Trinajstić information content (AvgIpc) is 2.59. The molecule has 26 heavy (non-hydrogen) atoms. The van der Waals surface area contributed by atoms with E-state index >= 15 is 0 Å². The Kier molecular flexibility index (Phi) is 5.50. The van der Waals surface area contributed by atoms with Gasteiger partial charge in [0, 0.05) is 17.5 Å². The maximum atomic E-state index is 12.4. The van der Waals surface area contributed by atoms with E-state index in [0.717, 1.165) is 5.56 Å². The molecule has 0 radical (unpaired) electrons. The molecule has 8 heteroatoms. The standard InChI is InChI=1S/C18H18ClNO5S/c19-14-2-4-15(5-3-14)26(23,24)20-11-13-7-8-25-17-9-12(10-18(21)22)1-6-16(13)17/h1-6,9,13,20H,7-8,10-11H2,(H,21,22). The number of rotatable bonds is 6. The minimum Gasteiger partial charge on any atom is -0.493 e. The average molecular weight is 396 g/mol. The molecule has 1 aliphatic heterocycles. The van der Waals surface area contributed by atoms with Crippen LogP contribution in [-0.4, -0.2) is 32.6 Å². The van der Waals surface area contributed by atoms with E-state index in [0.29, 0.717) is 29.4 Å². The third-order valence-corrected chi connectivity index (χ3v) is 5.93. The quantitative estimate of drug-likeness (QED) is 0.784. The number of aliphatic carboxylic acids is 1. The highest BCUT2D eigenvalue weighted by Crippen LogP contribution is 2.34. The zero-order valence-corrected chi connectivity index (χ0v) is 15.4. The van der Waals surface area contributed by atoms with Crippen molar-refractivity contribution in [3.8, 4) is 5.75 Å². The smallest absolute Gasteiger partial charge is 0.307 e. The molecular formula is C18H18ClNO5S. The summed E-state index contributed by atoms with van der Waals surface area (Å²) in [5.74, 6) is -0.335. The highest BCUT2D eigenvalue weighted by Gasteiger charge is 2.24. The molecule has 0 bridgehead atoms. The fourth-order valence-corrected chi connectivity index (χ4v) is 4.12. The van der Waals surface area contributed by atoms with Crippen LogP contribution in [0, 0.1) is 0 Å². The summed E-state index contributed by atoms with van der Waals surface area (Å²) in [6, 6.07) is 11.2. The lowest BCUT2D eigenvalue weighted by Crippen LogP contribution is -2.30. The molecule has 0 amide bonds. The number of fused-ring (bicyclic) bond motifs is 1. The summed E-state index contributed by atoms with van der Waals surface area (Å²) < 4.78 is 33.1. The lowest BCUT2D eigenvalue weighted by molar-refractivity contribution is -0.136. The number of benzene rings is 2. The molecule has 1 aliphatic rings. The van der Waals surface area contributed by atoms with Crippen LogP contribution in [0.4, 0.5) is 0 Å². The maximum absolute atomic E-state index is 12.4. The Morgan fingerprint density at radius 1 is 1.23 bits per heavy atom. The predicted octanol–water partition coefficient (Wildman–Crippen LogP) is 2.81. The minimum absolute atomic E-state index is 0.0419. The fraction of sp³-hybridized carbons (Fsp3) is 0.278. The number of ether oxygens (including phenoxy) is 1. The third-order valence-electron chi connectivity index (χ3n) is 4.24. The Morgan fingerprint density at radius 2 is 1.96 bits per heavy atom. The molecule has 2 aromatic carbocycles. The van der Waals surface area contributed by atoms with Gasteiger partial charge in [-0.25, -0.2) is 13.1 Å². The molecule has 138 valence electrons. The summed E-state index contributed by atoms with van der Waals surface area (Å²) in [7, 11) is -3.63. The van der Waals surface area contributed by atoms with Gasteiger partial charge in [-0.2, -0.15) is 0 Å². The third kappa shape index (κ3) is 4.35. The second-order valence-corrected chi connectivity index (χ2v) is 8.29. The van der Waals surface area contributed by atoms with Gasteiger partial charge >= 0.3 is 5.97 Å². The molecule has 2 aromatic rings. The van der Waals surface area contributed by atoms with E-state index in [1.165, 1.54) is 24.3 Å². The molecule has 1 atom stereocenters. The van der Waals surface area contributed by atoms with Gasteiger partial charge in [-0.3, -0.25) is 4.79 Å². The number of carbonyl (C=O) groups is 1. The summed E-state index contributed by atoms with van der Waals surface area (Å²) in [4.78, 5) is 11.0. The van der Waals surface area contributed by atoms with Crippen LogP contribution in [-0.2, 0) is 21.2 Å². The van der Waals surface area contributed by atoms with Crippen molar-refractivity contribution in [2.75, 3.05) is 13.2 Å². The van der Waals surface area contributed by atoms with Crippen LogP contribution in [0.3, 0.4) is 0 Å². The van der Waals surface area contributed by atoms with Crippen LogP contribution in [0.5, 0.6) is 5.75 Å². The molecule has 0 saturated carbocycles. The molecule has 1 unspecified atom stereocenters. The number of carboxylic acid groups (broad SMARTS) is 1. The molecule has 0 fully saturated rings. The monoisotopic (exact) mass is 395 g/mol. The molecule has 0 aliphatic carbocycles. The SMILES string of the molecule is O=C(O)Cc1ccc2c(c1)OCCC2CNS(=O)(=O)c1ccc(Cl)cc1. The summed E-state index contributed by atoms with van der Waals surface area (Å²) in [6.45, 7) is 0.691. The van der Waals surface area contributed by atoms with Crippen molar-refractivity contribution in [2.24, 2.45) is 0 Å². The number of hydrogen-bond acceptors (Lipinski definition) is 4. The molecule has 0 saturated heterocycles. The van der Waals surface area contributed by atoms with E-state index in [-0.39, 0.29) is 23.8 Å². The lowest BCUT2D eigenvalue weighted by Gasteiger charge is -2.26. The van der Waals surface area contributed by atoms with Crippen molar-refractivity contribution >= 4 is 27.6 Å². The summed E-state index contributed by atoms with van der Waals surface area (Å²) >= 11 is 5.80. The largest absolute Gasteiger partial charge is 0.493 e. The van der Waals surface area contributed by atoms with Crippen LogP contribution in [0.1, 0.15) is 23.5 Å². The summed E-state index contributed by atoms with van der Waals surface area (Å²) in [6.07, 6.45) is 0.596. The first kappa shape index (κ1) is 18.7. The maximum Gasteiger partial charge on any atom is 0.307 e. The van der Waals surface area contributed by atoms with Gasteiger partial charge < -0.3 is 9.84 Å². The van der Waals surface area contributed by atoms with E-state index in [4.69, 9.17) is 21.4 Å². The number of carboxylic acids is 1. The number of nitrogens with one attached hydrogen (secondary N) is 1. The molecule has 0 aromatic heterocycles. The van der Waals surface area contributed by atoms with Crippen molar-refractivity contribution in [1.29, 1.82) is 0 Å². The highest BCUT2D eigenvalue weighted by atomic mass is 35.5. The van der Waals surface area contributed by atoms with Gasteiger partial charge in [-0.05, 0) is 47.9 Å². The van der Waals surface area contributed by atoms with Crippen LogP contribution < -0.4 is 9.46 Å². The van der Waals surface area contributed by atoms with Gasteiger partial charge in [0.25, 0.3) is 0 Å². The van der Waals surface area contributed by atoms with E-state index in [1.54, 1.807) is 12.1 Å². The summed E-state index contributed by atoms with van der Waals surface area (Å²) in [5.41, 5.74) is 1.53. The molecule has 6 nitrogen and oxygen atoms in total. The van der Waals surface area contributed by atoms with Crippen molar-refractivity contribution < 1.29 is 23.1 Å². The Balaban J connectivity index is 1.74. The van der Waals surface area contributed by atoms with Gasteiger partial charge in [0.15, 0.2) is 0 Å². The Bertz CT molecular complexity index is 912. The zero-order valence-electron chi connectivity index (χ0n) is 13.8. The number of hydrogen-bond donors (Lipinski definition) is 2. The van der Waals surface area contributed by atoms with Crippen molar-refractivity contribution in [2.45, 2.75) is 23.7 Å². The normalized spacial score (nSPS) is 16.6. The van der Waals surface area contributed by atoms with Crippen LogP contribution in [0.2, 0.25) is 5.02 Å². The highest BCUT2D eigenvalue weighted by molar-refractivity contribution is 7.89. The van der Waals surface area contributed by atoms with Gasteiger partial charge in [-0.1, -0.05) is 23.7 Å². The van der Waals surface area contributed by atoms with E-state index < -0.39 is 16.0 Å².